The third-order valence-electron chi connectivity index (χ3n) is 4.78. The van der Waals surface area contributed by atoms with Crippen molar-refractivity contribution in [2.24, 2.45) is 0 Å². The smallest absolute Gasteiger partial charge is 0.254 e. The van der Waals surface area contributed by atoms with Crippen LogP contribution in [0.2, 0.25) is 0 Å². The number of fused-ring (bicyclic) bond motifs is 1. The number of carbonyl (C=O) groups is 1. The van der Waals surface area contributed by atoms with Gasteiger partial charge in [0.2, 0.25) is 0 Å². The van der Waals surface area contributed by atoms with Gasteiger partial charge in [-0.15, -0.1) is 0 Å². The van der Waals surface area contributed by atoms with E-state index in [0.29, 0.717) is 28.9 Å². The second-order valence-electron chi connectivity index (χ2n) is 6.58. The van der Waals surface area contributed by atoms with Gasteiger partial charge in [0, 0.05) is 42.7 Å². The molecular formula is C18H20FN3O. The Morgan fingerprint density at radius 2 is 2.17 bits per heavy atom. The molecule has 1 amide bonds. The van der Waals surface area contributed by atoms with E-state index in [4.69, 9.17) is 0 Å². The van der Waals surface area contributed by atoms with Gasteiger partial charge >= 0.3 is 0 Å². The second-order valence-corrected chi connectivity index (χ2v) is 6.58. The lowest BCUT2D eigenvalue weighted by molar-refractivity contribution is 0.0657. The summed E-state index contributed by atoms with van der Waals surface area (Å²) in [6, 6.07) is 6.54. The highest BCUT2D eigenvalue weighted by Crippen LogP contribution is 2.40. The van der Waals surface area contributed by atoms with Gasteiger partial charge in [-0.05, 0) is 44.0 Å². The highest BCUT2D eigenvalue weighted by Gasteiger charge is 2.30. The third kappa shape index (κ3) is 2.70. The van der Waals surface area contributed by atoms with Crippen molar-refractivity contribution in [1.82, 2.24) is 15.2 Å². The molecule has 2 aromatic rings. The molecule has 23 heavy (non-hydrogen) atoms. The third-order valence-corrected chi connectivity index (χ3v) is 4.78. The van der Waals surface area contributed by atoms with Gasteiger partial charge in [-0.3, -0.25) is 9.78 Å². The molecule has 4 rings (SSSR count). The summed E-state index contributed by atoms with van der Waals surface area (Å²) in [6.45, 7) is 4.30. The molecule has 1 aliphatic carbocycles. The van der Waals surface area contributed by atoms with Gasteiger partial charge in [-0.2, -0.15) is 0 Å². The average molecular weight is 313 g/mol. The van der Waals surface area contributed by atoms with Crippen molar-refractivity contribution in [1.29, 1.82) is 0 Å². The zero-order valence-electron chi connectivity index (χ0n) is 13.2. The maximum atomic E-state index is 13.7. The molecule has 0 radical (unpaired) electrons. The van der Waals surface area contributed by atoms with Crippen LogP contribution in [0.1, 0.15) is 41.7 Å². The summed E-state index contributed by atoms with van der Waals surface area (Å²) in [6.07, 6.45) is 2.24. The minimum absolute atomic E-state index is 0.0149. The lowest BCUT2D eigenvalue weighted by Crippen LogP contribution is -2.52. The maximum Gasteiger partial charge on any atom is 0.254 e. The summed E-state index contributed by atoms with van der Waals surface area (Å²) in [7, 11) is 0. The summed E-state index contributed by atoms with van der Waals surface area (Å²) in [5, 5.41) is 3.91. The predicted octanol–water partition coefficient (Wildman–Crippen LogP) is 2.69. The lowest BCUT2D eigenvalue weighted by atomic mass is 10.0. The van der Waals surface area contributed by atoms with E-state index in [1.54, 1.807) is 6.07 Å². The van der Waals surface area contributed by atoms with Gasteiger partial charge < -0.3 is 10.2 Å². The van der Waals surface area contributed by atoms with Crippen molar-refractivity contribution in [3.8, 4) is 0 Å². The van der Waals surface area contributed by atoms with Crippen molar-refractivity contribution < 1.29 is 9.18 Å². The highest BCUT2D eigenvalue weighted by atomic mass is 19.1. The van der Waals surface area contributed by atoms with E-state index in [0.717, 1.165) is 31.6 Å². The number of aromatic nitrogens is 1. The standard InChI is InChI=1S/C18H20FN3O/c1-11-10-20-6-7-22(11)18(23)15-9-17(12-2-3-12)21-16-5-4-13(19)8-14(15)16/h4-5,8-9,11-12,20H,2-3,6-7,10H2,1H3/t11-/m1/s1. The summed E-state index contributed by atoms with van der Waals surface area (Å²) in [5.74, 6) is 0.108. The van der Waals surface area contributed by atoms with Gasteiger partial charge in [-0.25, -0.2) is 4.39 Å². The first-order valence-corrected chi connectivity index (χ1v) is 8.25. The molecule has 1 aromatic carbocycles. The number of hydrogen-bond donors (Lipinski definition) is 1. The zero-order valence-corrected chi connectivity index (χ0v) is 13.2. The Labute approximate surface area is 134 Å². The van der Waals surface area contributed by atoms with Crippen LogP contribution in [-0.2, 0) is 0 Å². The van der Waals surface area contributed by atoms with Crippen LogP contribution >= 0.6 is 0 Å². The molecule has 4 nitrogen and oxygen atoms in total. The number of piperazine rings is 1. The second kappa shape index (κ2) is 5.57. The first-order valence-electron chi connectivity index (χ1n) is 8.25. The molecular weight excluding hydrogens is 293 g/mol. The molecule has 1 N–H and O–H groups in total. The lowest BCUT2D eigenvalue weighted by Gasteiger charge is -2.34. The number of amides is 1. The van der Waals surface area contributed by atoms with E-state index in [9.17, 15) is 9.18 Å². The number of pyridine rings is 1. The van der Waals surface area contributed by atoms with Crippen molar-refractivity contribution in [2.45, 2.75) is 31.7 Å². The Balaban J connectivity index is 1.83. The van der Waals surface area contributed by atoms with E-state index >= 15 is 0 Å². The largest absolute Gasteiger partial charge is 0.333 e. The Morgan fingerprint density at radius 1 is 1.35 bits per heavy atom. The van der Waals surface area contributed by atoms with Crippen LogP contribution in [0.3, 0.4) is 0 Å². The average Bonchev–Trinajstić information content (AvgIpc) is 3.38. The Bertz CT molecular complexity index is 772. The van der Waals surface area contributed by atoms with Gasteiger partial charge in [0.15, 0.2) is 0 Å². The molecule has 0 bridgehead atoms. The Morgan fingerprint density at radius 3 is 2.91 bits per heavy atom. The fourth-order valence-corrected chi connectivity index (χ4v) is 3.28. The summed E-state index contributed by atoms with van der Waals surface area (Å²) in [4.78, 5) is 19.6. The summed E-state index contributed by atoms with van der Waals surface area (Å²) < 4.78 is 13.7. The molecule has 0 unspecified atom stereocenters. The summed E-state index contributed by atoms with van der Waals surface area (Å²) >= 11 is 0. The minimum atomic E-state index is -0.333. The number of nitrogens with zero attached hydrogens (tertiary/aromatic N) is 2. The summed E-state index contributed by atoms with van der Waals surface area (Å²) in [5.41, 5.74) is 2.27. The van der Waals surface area contributed by atoms with E-state index in [1.807, 2.05) is 17.9 Å². The fraction of sp³-hybridized carbons (Fsp3) is 0.444. The quantitative estimate of drug-likeness (QED) is 0.927. The van der Waals surface area contributed by atoms with Gasteiger partial charge in [-0.1, -0.05) is 0 Å². The van der Waals surface area contributed by atoms with Crippen molar-refractivity contribution in [3.05, 3.63) is 41.3 Å². The van der Waals surface area contributed by atoms with E-state index in [1.165, 1.54) is 12.1 Å². The number of halogens is 1. The van der Waals surface area contributed by atoms with Crippen LogP contribution in [0.4, 0.5) is 4.39 Å². The van der Waals surface area contributed by atoms with Crippen LogP contribution in [0.25, 0.3) is 10.9 Å². The number of carbonyl (C=O) groups excluding carboxylic acids is 1. The highest BCUT2D eigenvalue weighted by molar-refractivity contribution is 6.06. The Hall–Kier alpha value is -2.01. The molecule has 1 saturated heterocycles. The first-order chi connectivity index (χ1) is 11.1. The number of benzene rings is 1. The van der Waals surface area contributed by atoms with Crippen LogP contribution in [0.15, 0.2) is 24.3 Å². The van der Waals surface area contributed by atoms with Crippen molar-refractivity contribution in [3.63, 3.8) is 0 Å². The zero-order chi connectivity index (χ0) is 16.0. The van der Waals surface area contributed by atoms with Crippen molar-refractivity contribution in [2.75, 3.05) is 19.6 Å². The molecule has 5 heteroatoms. The van der Waals surface area contributed by atoms with Crippen LogP contribution in [0, 0.1) is 5.82 Å². The predicted molar refractivity (Wildman–Crippen MR) is 87.0 cm³/mol. The van der Waals surface area contributed by atoms with E-state index < -0.39 is 0 Å². The SMILES string of the molecule is C[C@@H]1CNCCN1C(=O)c1cc(C2CC2)nc2ccc(F)cc12. The van der Waals surface area contributed by atoms with E-state index in [-0.39, 0.29) is 17.8 Å². The molecule has 1 aliphatic heterocycles. The Kier molecular flexibility index (Phi) is 3.53. The molecule has 2 heterocycles. The molecule has 2 aliphatic rings. The molecule has 120 valence electrons. The van der Waals surface area contributed by atoms with Crippen molar-refractivity contribution >= 4 is 16.8 Å². The number of nitrogens with one attached hydrogen (secondary N) is 1. The molecule has 0 spiro atoms. The van der Waals surface area contributed by atoms with Gasteiger partial charge in [0.05, 0.1) is 11.1 Å². The van der Waals surface area contributed by atoms with Crippen LogP contribution < -0.4 is 5.32 Å². The van der Waals surface area contributed by atoms with Gasteiger partial charge in [0.25, 0.3) is 5.91 Å². The van der Waals surface area contributed by atoms with Crippen LogP contribution in [0.5, 0.6) is 0 Å². The monoisotopic (exact) mass is 313 g/mol. The number of rotatable bonds is 2. The molecule has 2 fully saturated rings. The molecule has 1 atom stereocenters. The first kappa shape index (κ1) is 14.6. The normalized spacial score (nSPS) is 21.7. The molecule has 1 aromatic heterocycles. The topological polar surface area (TPSA) is 45.2 Å². The maximum absolute atomic E-state index is 13.7. The molecule has 1 saturated carbocycles. The minimum Gasteiger partial charge on any atom is -0.333 e. The van der Waals surface area contributed by atoms with Gasteiger partial charge in [0.1, 0.15) is 5.82 Å². The number of hydrogen-bond acceptors (Lipinski definition) is 3. The fourth-order valence-electron chi connectivity index (χ4n) is 3.28. The van der Waals surface area contributed by atoms with E-state index in [2.05, 4.69) is 10.3 Å². The van der Waals surface area contributed by atoms with Crippen LogP contribution in [-0.4, -0.2) is 41.5 Å².